The van der Waals surface area contributed by atoms with Gasteiger partial charge in [0.05, 0.1) is 5.69 Å². The average Bonchev–Trinajstić information content (AvgIpc) is 2.32. The zero-order chi connectivity index (χ0) is 12.3. The van der Waals surface area contributed by atoms with Crippen LogP contribution in [0.5, 0.6) is 5.75 Å². The van der Waals surface area contributed by atoms with Crippen LogP contribution in [0.2, 0.25) is 0 Å². The van der Waals surface area contributed by atoms with Gasteiger partial charge in [-0.2, -0.15) is 0 Å². The molecule has 0 atom stereocenters. The van der Waals surface area contributed by atoms with Gasteiger partial charge in [-0.3, -0.25) is 4.79 Å². The number of amides is 1. The van der Waals surface area contributed by atoms with Gasteiger partial charge in [0, 0.05) is 17.9 Å². The number of carbonyl (C=O) groups excluding carboxylic acids is 1. The Morgan fingerprint density at radius 3 is 3.00 bits per heavy atom. The Morgan fingerprint density at radius 1 is 1.41 bits per heavy atom. The monoisotopic (exact) mass is 301 g/mol. The summed E-state index contributed by atoms with van der Waals surface area (Å²) in [4.78, 5) is 13.4. The highest BCUT2D eigenvalue weighted by Gasteiger charge is 2.25. The van der Waals surface area contributed by atoms with Gasteiger partial charge in [0.2, 0.25) is 0 Å². The van der Waals surface area contributed by atoms with Crippen molar-refractivity contribution >= 4 is 27.5 Å². The lowest BCUT2D eigenvalue weighted by Gasteiger charge is -2.29. The molecule has 0 unspecified atom stereocenters. The third-order valence-corrected chi connectivity index (χ3v) is 3.19. The summed E-state index contributed by atoms with van der Waals surface area (Å²) in [5.74, 6) is 0.0284. The second kappa shape index (κ2) is 5.49. The molecule has 0 fully saturated rings. The van der Waals surface area contributed by atoms with E-state index in [-0.39, 0.29) is 18.3 Å². The van der Waals surface area contributed by atoms with Crippen LogP contribution in [-0.2, 0) is 4.79 Å². The SMILES string of the molecule is O=C1COc2cc(F)ccc2N1CCCCBr. The first-order valence-corrected chi connectivity index (χ1v) is 6.63. The van der Waals surface area contributed by atoms with E-state index in [0.29, 0.717) is 18.0 Å². The summed E-state index contributed by atoms with van der Waals surface area (Å²) in [6.07, 6.45) is 1.91. The number of benzene rings is 1. The zero-order valence-electron chi connectivity index (χ0n) is 9.29. The van der Waals surface area contributed by atoms with E-state index in [1.54, 1.807) is 11.0 Å². The maximum atomic E-state index is 13.0. The molecule has 1 heterocycles. The number of carbonyl (C=O) groups is 1. The third-order valence-electron chi connectivity index (χ3n) is 2.63. The van der Waals surface area contributed by atoms with Crippen LogP contribution in [0.4, 0.5) is 10.1 Å². The number of alkyl halides is 1. The van der Waals surface area contributed by atoms with Gasteiger partial charge in [0.1, 0.15) is 11.6 Å². The third kappa shape index (κ3) is 2.77. The fraction of sp³-hybridized carbons (Fsp3) is 0.417. The number of anilines is 1. The topological polar surface area (TPSA) is 29.5 Å². The van der Waals surface area contributed by atoms with E-state index in [1.165, 1.54) is 12.1 Å². The van der Waals surface area contributed by atoms with Gasteiger partial charge < -0.3 is 9.64 Å². The molecule has 1 amide bonds. The van der Waals surface area contributed by atoms with Crippen molar-refractivity contribution in [3.8, 4) is 5.75 Å². The Morgan fingerprint density at radius 2 is 2.24 bits per heavy atom. The number of fused-ring (bicyclic) bond motifs is 1. The second-order valence-electron chi connectivity index (χ2n) is 3.84. The predicted molar refractivity (Wildman–Crippen MR) is 67.3 cm³/mol. The summed E-state index contributed by atoms with van der Waals surface area (Å²) >= 11 is 3.35. The van der Waals surface area contributed by atoms with E-state index in [2.05, 4.69) is 15.9 Å². The summed E-state index contributed by atoms with van der Waals surface area (Å²) in [5, 5.41) is 0.918. The van der Waals surface area contributed by atoms with Crippen LogP contribution in [0.3, 0.4) is 0 Å². The van der Waals surface area contributed by atoms with Crippen molar-refractivity contribution in [2.75, 3.05) is 23.4 Å². The van der Waals surface area contributed by atoms with Gasteiger partial charge in [0.15, 0.2) is 6.61 Å². The molecule has 0 aromatic heterocycles. The van der Waals surface area contributed by atoms with Gasteiger partial charge in [-0.1, -0.05) is 15.9 Å². The lowest BCUT2D eigenvalue weighted by Crippen LogP contribution is -2.39. The van der Waals surface area contributed by atoms with E-state index in [9.17, 15) is 9.18 Å². The smallest absolute Gasteiger partial charge is 0.265 e. The zero-order valence-corrected chi connectivity index (χ0v) is 10.9. The summed E-state index contributed by atoms with van der Waals surface area (Å²) in [6, 6.07) is 4.26. The lowest BCUT2D eigenvalue weighted by molar-refractivity contribution is -0.121. The van der Waals surface area contributed by atoms with Gasteiger partial charge in [-0.25, -0.2) is 4.39 Å². The molecule has 92 valence electrons. The molecule has 1 aliphatic heterocycles. The number of nitrogens with zero attached hydrogens (tertiary/aromatic N) is 1. The molecule has 0 saturated carbocycles. The van der Waals surface area contributed by atoms with Crippen LogP contribution in [0.15, 0.2) is 18.2 Å². The number of hydrogen-bond donors (Lipinski definition) is 0. The normalized spacial score (nSPS) is 14.5. The van der Waals surface area contributed by atoms with Crippen LogP contribution in [0.1, 0.15) is 12.8 Å². The minimum atomic E-state index is -0.349. The molecule has 1 aromatic rings. The molecule has 17 heavy (non-hydrogen) atoms. The highest BCUT2D eigenvalue weighted by atomic mass is 79.9. The van der Waals surface area contributed by atoms with Crippen LogP contribution in [0.25, 0.3) is 0 Å². The molecule has 0 saturated heterocycles. The molecule has 2 rings (SSSR count). The van der Waals surface area contributed by atoms with Crippen LogP contribution in [0, 0.1) is 5.82 Å². The maximum Gasteiger partial charge on any atom is 0.265 e. The molecular weight excluding hydrogens is 289 g/mol. The van der Waals surface area contributed by atoms with Crippen LogP contribution >= 0.6 is 15.9 Å². The molecule has 0 spiro atoms. The van der Waals surface area contributed by atoms with Crippen molar-refractivity contribution in [3.63, 3.8) is 0 Å². The summed E-state index contributed by atoms with van der Waals surface area (Å²) in [7, 11) is 0. The van der Waals surface area contributed by atoms with Gasteiger partial charge in [0.25, 0.3) is 5.91 Å². The Hall–Kier alpha value is -1.10. The van der Waals surface area contributed by atoms with E-state index in [1.807, 2.05) is 0 Å². The van der Waals surface area contributed by atoms with E-state index in [0.717, 1.165) is 18.2 Å². The molecule has 3 nitrogen and oxygen atoms in total. The number of unbranched alkanes of at least 4 members (excludes halogenated alkanes) is 1. The first-order chi connectivity index (χ1) is 8.22. The van der Waals surface area contributed by atoms with Crippen molar-refractivity contribution in [2.24, 2.45) is 0 Å². The van der Waals surface area contributed by atoms with Gasteiger partial charge in [-0.05, 0) is 25.0 Å². The van der Waals surface area contributed by atoms with E-state index >= 15 is 0 Å². The highest BCUT2D eigenvalue weighted by molar-refractivity contribution is 9.09. The van der Waals surface area contributed by atoms with Gasteiger partial charge >= 0.3 is 0 Å². The first-order valence-electron chi connectivity index (χ1n) is 5.51. The van der Waals surface area contributed by atoms with Crippen molar-refractivity contribution in [3.05, 3.63) is 24.0 Å². The number of hydrogen-bond acceptors (Lipinski definition) is 2. The fourth-order valence-electron chi connectivity index (χ4n) is 1.79. The fourth-order valence-corrected chi connectivity index (χ4v) is 2.18. The summed E-state index contributed by atoms with van der Waals surface area (Å²) < 4.78 is 18.2. The average molecular weight is 302 g/mol. The summed E-state index contributed by atoms with van der Waals surface area (Å²) in [6.45, 7) is 0.636. The summed E-state index contributed by atoms with van der Waals surface area (Å²) in [5.41, 5.74) is 0.664. The Labute approximate surface area is 108 Å². The molecule has 0 aliphatic carbocycles. The Kier molecular flexibility index (Phi) is 3.99. The minimum absolute atomic E-state index is 0.00916. The predicted octanol–water partition coefficient (Wildman–Crippen LogP) is 2.73. The quantitative estimate of drug-likeness (QED) is 0.632. The number of rotatable bonds is 4. The number of halogens is 2. The molecule has 0 N–H and O–H groups in total. The maximum absolute atomic E-state index is 13.0. The van der Waals surface area contributed by atoms with Crippen molar-refractivity contribution in [1.29, 1.82) is 0 Å². The molecule has 1 aromatic carbocycles. The lowest BCUT2D eigenvalue weighted by atomic mass is 10.2. The van der Waals surface area contributed by atoms with E-state index in [4.69, 9.17) is 4.74 Å². The highest BCUT2D eigenvalue weighted by Crippen LogP contribution is 2.32. The van der Waals surface area contributed by atoms with Crippen LogP contribution in [-0.4, -0.2) is 24.4 Å². The molecule has 0 bridgehead atoms. The number of ether oxygens (including phenoxy) is 1. The minimum Gasteiger partial charge on any atom is -0.481 e. The Bertz CT molecular complexity index is 425. The van der Waals surface area contributed by atoms with Crippen LogP contribution < -0.4 is 9.64 Å². The molecule has 0 radical (unpaired) electrons. The van der Waals surface area contributed by atoms with Crippen molar-refractivity contribution < 1.29 is 13.9 Å². The largest absolute Gasteiger partial charge is 0.481 e. The van der Waals surface area contributed by atoms with Crippen molar-refractivity contribution in [1.82, 2.24) is 0 Å². The molecule has 1 aliphatic rings. The Balaban J connectivity index is 2.18. The second-order valence-corrected chi connectivity index (χ2v) is 4.64. The first kappa shape index (κ1) is 12.4. The molecular formula is C12H13BrFNO2. The standard InChI is InChI=1S/C12H13BrFNO2/c13-5-1-2-6-15-10-4-3-9(14)7-11(10)17-8-12(15)16/h3-4,7H,1-2,5-6,8H2. The van der Waals surface area contributed by atoms with E-state index < -0.39 is 0 Å². The van der Waals surface area contributed by atoms with Crippen molar-refractivity contribution in [2.45, 2.75) is 12.8 Å². The molecule has 5 heteroatoms. The van der Waals surface area contributed by atoms with Gasteiger partial charge in [-0.15, -0.1) is 0 Å².